The van der Waals surface area contributed by atoms with E-state index in [-0.39, 0.29) is 16.4 Å². The fourth-order valence-corrected chi connectivity index (χ4v) is 6.25. The zero-order valence-corrected chi connectivity index (χ0v) is 20.9. The van der Waals surface area contributed by atoms with Gasteiger partial charge in [-0.15, -0.1) is 0 Å². The maximum absolute atomic E-state index is 13.3. The molecule has 2 N–H and O–H groups in total. The number of hydrogen-bond donors (Lipinski definition) is 1. The van der Waals surface area contributed by atoms with Crippen molar-refractivity contribution >= 4 is 21.2 Å². The summed E-state index contributed by atoms with van der Waals surface area (Å²) in [5, 5.41) is 0. The molecule has 0 saturated heterocycles. The van der Waals surface area contributed by atoms with Gasteiger partial charge in [0.05, 0.1) is 9.79 Å². The first-order chi connectivity index (χ1) is 18.0. The van der Waals surface area contributed by atoms with E-state index in [1.165, 1.54) is 6.42 Å². The normalized spacial score (nSPS) is 13.9. The largest absolute Gasteiger partial charge is 0.489 e. The summed E-state index contributed by atoms with van der Waals surface area (Å²) in [7, 11) is -3.67. The van der Waals surface area contributed by atoms with Crippen LogP contribution in [0.5, 0.6) is 5.75 Å². The number of sulfone groups is 1. The summed E-state index contributed by atoms with van der Waals surface area (Å²) in [5.74, 6) is 2.47. The van der Waals surface area contributed by atoms with Crippen molar-refractivity contribution in [3.8, 4) is 17.0 Å². The Morgan fingerprint density at radius 3 is 2.54 bits per heavy atom. The van der Waals surface area contributed by atoms with Crippen molar-refractivity contribution in [3.63, 3.8) is 0 Å². The Hall–Kier alpha value is -4.17. The molecule has 0 aliphatic heterocycles. The highest BCUT2D eigenvalue weighted by molar-refractivity contribution is 7.91. The molecular weight excluding hydrogens is 484 g/mol. The molecule has 7 nitrogen and oxygen atoms in total. The minimum Gasteiger partial charge on any atom is -0.489 e. The lowest BCUT2D eigenvalue weighted by atomic mass is 9.85. The molecule has 6 rings (SSSR count). The van der Waals surface area contributed by atoms with Gasteiger partial charge in [-0.2, -0.15) is 0 Å². The van der Waals surface area contributed by atoms with Gasteiger partial charge in [0.2, 0.25) is 9.84 Å². The van der Waals surface area contributed by atoms with Crippen LogP contribution in [0.3, 0.4) is 0 Å². The molecule has 0 unspecified atom stereocenters. The van der Waals surface area contributed by atoms with E-state index >= 15 is 0 Å². The van der Waals surface area contributed by atoms with Gasteiger partial charge < -0.3 is 10.5 Å². The Morgan fingerprint density at radius 1 is 0.973 bits per heavy atom. The Labute approximate surface area is 215 Å². The van der Waals surface area contributed by atoms with Crippen LogP contribution >= 0.6 is 0 Å². The maximum atomic E-state index is 13.3. The zero-order valence-electron chi connectivity index (χ0n) is 20.1. The Bertz CT molecular complexity index is 1690. The number of hydrogen-bond acceptors (Lipinski definition) is 6. The lowest BCUT2D eigenvalue weighted by Crippen LogP contribution is -2.12. The molecule has 2 heterocycles. The summed E-state index contributed by atoms with van der Waals surface area (Å²) < 4.78 is 34.7. The number of nitrogens with zero attached hydrogens (tertiary/aromatic N) is 3. The van der Waals surface area contributed by atoms with E-state index in [4.69, 9.17) is 15.5 Å². The highest BCUT2D eigenvalue weighted by Crippen LogP contribution is 2.39. The highest BCUT2D eigenvalue weighted by atomic mass is 32.2. The van der Waals surface area contributed by atoms with Crippen molar-refractivity contribution in [2.45, 2.75) is 41.6 Å². The van der Waals surface area contributed by atoms with E-state index < -0.39 is 9.84 Å². The Kier molecular flexibility index (Phi) is 5.88. The number of aromatic nitrogens is 3. The van der Waals surface area contributed by atoms with E-state index in [0.29, 0.717) is 23.0 Å². The average Bonchev–Trinajstić information content (AvgIpc) is 3.28. The number of benzene rings is 3. The van der Waals surface area contributed by atoms with Crippen molar-refractivity contribution in [1.82, 2.24) is 14.4 Å². The van der Waals surface area contributed by atoms with Crippen LogP contribution in [0.2, 0.25) is 0 Å². The fourth-order valence-electron chi connectivity index (χ4n) is 4.75. The molecule has 5 aromatic rings. The number of ether oxygens (including phenoxy) is 1. The molecule has 186 valence electrons. The molecule has 0 amide bonds. The molecule has 2 aromatic heterocycles. The summed E-state index contributed by atoms with van der Waals surface area (Å²) in [6.45, 7) is 0.104. The zero-order chi connectivity index (χ0) is 25.4. The van der Waals surface area contributed by atoms with Gasteiger partial charge in [0.15, 0.2) is 0 Å². The van der Waals surface area contributed by atoms with Crippen molar-refractivity contribution in [2.75, 3.05) is 5.73 Å². The first-order valence-electron chi connectivity index (χ1n) is 12.3. The summed E-state index contributed by atoms with van der Waals surface area (Å²) in [6.07, 6.45) is 7.07. The molecular formula is C29H26N4O3S. The third-order valence-electron chi connectivity index (χ3n) is 6.90. The van der Waals surface area contributed by atoms with Gasteiger partial charge in [-0.1, -0.05) is 55.0 Å². The minimum atomic E-state index is -3.67. The first kappa shape index (κ1) is 23.2. The molecule has 1 fully saturated rings. The molecule has 8 heteroatoms. The van der Waals surface area contributed by atoms with Gasteiger partial charge in [-0.3, -0.25) is 4.40 Å². The van der Waals surface area contributed by atoms with Crippen molar-refractivity contribution in [3.05, 3.63) is 103 Å². The predicted octanol–water partition coefficient (Wildman–Crippen LogP) is 5.66. The van der Waals surface area contributed by atoms with E-state index in [9.17, 15) is 8.42 Å². The monoisotopic (exact) mass is 510 g/mol. The second-order valence-corrected chi connectivity index (χ2v) is 11.1. The number of fused-ring (bicyclic) bond motifs is 1. The maximum Gasteiger partial charge on any atom is 0.206 e. The summed E-state index contributed by atoms with van der Waals surface area (Å²) in [5.41, 5.74) is 9.30. The molecule has 1 saturated carbocycles. The number of rotatable bonds is 7. The van der Waals surface area contributed by atoms with E-state index in [1.807, 2.05) is 36.5 Å². The van der Waals surface area contributed by atoms with E-state index in [0.717, 1.165) is 35.4 Å². The van der Waals surface area contributed by atoms with Crippen LogP contribution in [0.1, 0.15) is 36.6 Å². The molecule has 0 atom stereocenters. The molecule has 1 aliphatic rings. The van der Waals surface area contributed by atoms with E-state index in [1.54, 1.807) is 54.7 Å². The third kappa shape index (κ3) is 4.23. The topological polar surface area (TPSA) is 99.6 Å². The number of anilines is 1. The fraction of sp³-hybridized carbons (Fsp3) is 0.172. The lowest BCUT2D eigenvalue weighted by Gasteiger charge is -2.23. The summed E-state index contributed by atoms with van der Waals surface area (Å²) in [6, 6.07) is 23.0. The van der Waals surface area contributed by atoms with Crippen molar-refractivity contribution in [2.24, 2.45) is 0 Å². The second kappa shape index (κ2) is 9.37. The van der Waals surface area contributed by atoms with Crippen molar-refractivity contribution in [1.29, 1.82) is 0 Å². The van der Waals surface area contributed by atoms with Crippen LogP contribution in [0.4, 0.5) is 5.82 Å². The van der Waals surface area contributed by atoms with Gasteiger partial charge in [-0.05, 0) is 43.2 Å². The number of nitrogens with two attached hydrogens (primary N) is 1. The van der Waals surface area contributed by atoms with Crippen molar-refractivity contribution < 1.29 is 13.2 Å². The van der Waals surface area contributed by atoms with Crippen LogP contribution in [-0.2, 0) is 16.4 Å². The Balaban J connectivity index is 1.31. The molecule has 0 bridgehead atoms. The van der Waals surface area contributed by atoms with Gasteiger partial charge >= 0.3 is 0 Å². The lowest BCUT2D eigenvalue weighted by molar-refractivity contribution is 0.303. The summed E-state index contributed by atoms with van der Waals surface area (Å²) in [4.78, 5) is 9.78. The standard InChI is InChI=1S/C29H26N4O3S/c30-28-27-26(32-29(20-9-6-10-20)33(27)17-16-31-28)21-11-7-12-23(18-21)36-19-22-8-4-5-15-25(22)37(34,35)24-13-2-1-3-14-24/h1-5,7-8,11-18,20H,6,9-10,19H2,(H2,30,31). The van der Waals surface area contributed by atoms with Crippen LogP contribution in [0.25, 0.3) is 16.8 Å². The predicted molar refractivity (Wildman–Crippen MR) is 142 cm³/mol. The van der Waals surface area contributed by atoms with E-state index in [2.05, 4.69) is 9.38 Å². The van der Waals surface area contributed by atoms with Crippen LogP contribution in [0.15, 0.2) is 101 Å². The van der Waals surface area contributed by atoms with Gasteiger partial charge in [-0.25, -0.2) is 18.4 Å². The first-order valence-corrected chi connectivity index (χ1v) is 13.7. The van der Waals surface area contributed by atoms with Crippen LogP contribution < -0.4 is 10.5 Å². The van der Waals surface area contributed by atoms with Gasteiger partial charge in [0.1, 0.15) is 35.2 Å². The second-order valence-electron chi connectivity index (χ2n) is 9.22. The molecule has 0 spiro atoms. The third-order valence-corrected chi connectivity index (χ3v) is 8.77. The molecule has 37 heavy (non-hydrogen) atoms. The highest BCUT2D eigenvalue weighted by Gasteiger charge is 2.27. The molecule has 3 aromatic carbocycles. The smallest absolute Gasteiger partial charge is 0.206 e. The summed E-state index contributed by atoms with van der Waals surface area (Å²) >= 11 is 0. The number of nitrogen functional groups attached to an aromatic ring is 1. The van der Waals surface area contributed by atoms with Crippen LogP contribution in [-0.4, -0.2) is 22.8 Å². The van der Waals surface area contributed by atoms with Crippen LogP contribution in [0, 0.1) is 0 Å². The number of imidazole rings is 1. The molecule has 1 aliphatic carbocycles. The van der Waals surface area contributed by atoms with Gasteiger partial charge in [0.25, 0.3) is 0 Å². The average molecular weight is 511 g/mol. The SMILES string of the molecule is Nc1nccn2c(C3CCC3)nc(-c3cccc(OCc4ccccc4S(=O)(=O)c4ccccc4)c3)c12. The minimum absolute atomic E-state index is 0.104. The Morgan fingerprint density at radius 2 is 1.76 bits per heavy atom. The molecule has 0 radical (unpaired) electrons. The van der Waals surface area contributed by atoms with Gasteiger partial charge in [0, 0.05) is 29.4 Å². The quantitative estimate of drug-likeness (QED) is 0.303.